The number of benzene rings is 2. The first-order chi connectivity index (χ1) is 12.4. The Kier molecular flexibility index (Phi) is 5.74. The predicted octanol–water partition coefficient (Wildman–Crippen LogP) is 3.15. The molecule has 0 aromatic heterocycles. The number of rotatable bonds is 6. The molecule has 138 valence electrons. The van der Waals surface area contributed by atoms with Crippen molar-refractivity contribution in [3.63, 3.8) is 0 Å². The van der Waals surface area contributed by atoms with Gasteiger partial charge in [-0.15, -0.1) is 0 Å². The third-order valence-electron chi connectivity index (χ3n) is 4.65. The van der Waals surface area contributed by atoms with E-state index < -0.39 is 10.0 Å². The maximum absolute atomic E-state index is 12.6. The third kappa shape index (κ3) is 4.71. The Morgan fingerprint density at radius 3 is 2.54 bits per heavy atom. The van der Waals surface area contributed by atoms with Crippen molar-refractivity contribution in [2.75, 3.05) is 0 Å². The first-order valence-electron chi connectivity index (χ1n) is 8.90. The van der Waals surface area contributed by atoms with Crippen LogP contribution in [0.1, 0.15) is 47.2 Å². The number of nitrogens with one attached hydrogen (secondary N) is 2. The number of sulfonamides is 1. The molecule has 0 aliphatic heterocycles. The molecule has 5 nitrogen and oxygen atoms in total. The first kappa shape index (κ1) is 18.6. The number of hydrogen-bond donors (Lipinski definition) is 2. The topological polar surface area (TPSA) is 75.3 Å². The lowest BCUT2D eigenvalue weighted by molar-refractivity contribution is 0.0937. The Labute approximate surface area is 154 Å². The molecule has 26 heavy (non-hydrogen) atoms. The molecule has 1 fully saturated rings. The van der Waals surface area contributed by atoms with Crippen LogP contribution in [0.4, 0.5) is 0 Å². The van der Waals surface area contributed by atoms with Crippen molar-refractivity contribution in [1.29, 1.82) is 0 Å². The van der Waals surface area contributed by atoms with Crippen LogP contribution in [0.3, 0.4) is 0 Å². The summed E-state index contributed by atoms with van der Waals surface area (Å²) in [6, 6.07) is 14.1. The zero-order valence-corrected chi connectivity index (χ0v) is 15.7. The Bertz CT molecular complexity index is 887. The van der Waals surface area contributed by atoms with E-state index in [0.29, 0.717) is 5.56 Å². The van der Waals surface area contributed by atoms with Gasteiger partial charge in [-0.25, -0.2) is 13.1 Å². The molecule has 2 N–H and O–H groups in total. The van der Waals surface area contributed by atoms with Crippen LogP contribution >= 0.6 is 0 Å². The van der Waals surface area contributed by atoms with Gasteiger partial charge in [0.25, 0.3) is 5.91 Å². The highest BCUT2D eigenvalue weighted by molar-refractivity contribution is 7.89. The van der Waals surface area contributed by atoms with Crippen molar-refractivity contribution < 1.29 is 13.2 Å². The summed E-state index contributed by atoms with van der Waals surface area (Å²) in [5.41, 5.74) is 2.34. The number of hydrogen-bond acceptors (Lipinski definition) is 3. The second-order valence-corrected chi connectivity index (χ2v) is 8.56. The van der Waals surface area contributed by atoms with Crippen molar-refractivity contribution in [1.82, 2.24) is 10.0 Å². The van der Waals surface area contributed by atoms with Gasteiger partial charge in [-0.05, 0) is 43.5 Å². The van der Waals surface area contributed by atoms with Crippen LogP contribution in [0, 0.1) is 6.92 Å². The van der Waals surface area contributed by atoms with Gasteiger partial charge in [0.15, 0.2) is 0 Å². The van der Waals surface area contributed by atoms with Gasteiger partial charge in [-0.3, -0.25) is 4.79 Å². The van der Waals surface area contributed by atoms with Gasteiger partial charge in [-0.1, -0.05) is 48.7 Å². The molecule has 0 radical (unpaired) electrons. The molecule has 2 aromatic rings. The van der Waals surface area contributed by atoms with E-state index in [-0.39, 0.29) is 23.4 Å². The van der Waals surface area contributed by atoms with Crippen molar-refractivity contribution in [2.24, 2.45) is 0 Å². The largest absolute Gasteiger partial charge is 0.349 e. The maximum Gasteiger partial charge on any atom is 0.251 e. The van der Waals surface area contributed by atoms with Gasteiger partial charge < -0.3 is 5.32 Å². The van der Waals surface area contributed by atoms with E-state index in [1.54, 1.807) is 12.1 Å². The molecule has 1 amide bonds. The predicted molar refractivity (Wildman–Crippen MR) is 101 cm³/mol. The minimum absolute atomic E-state index is 0.101. The molecular weight excluding hydrogens is 348 g/mol. The summed E-state index contributed by atoms with van der Waals surface area (Å²) < 4.78 is 27.7. The van der Waals surface area contributed by atoms with E-state index in [0.717, 1.165) is 36.8 Å². The number of carbonyl (C=O) groups is 1. The van der Waals surface area contributed by atoms with E-state index in [1.165, 1.54) is 12.1 Å². The van der Waals surface area contributed by atoms with Crippen LogP contribution in [0.15, 0.2) is 53.4 Å². The molecule has 1 aliphatic rings. The van der Waals surface area contributed by atoms with Gasteiger partial charge in [0.1, 0.15) is 0 Å². The SMILES string of the molecule is Cc1cccc(CNS(=O)(=O)c2cccc(C(=O)NC3CCCC3)c2)c1. The molecule has 1 saturated carbocycles. The Morgan fingerprint density at radius 1 is 1.08 bits per heavy atom. The van der Waals surface area contributed by atoms with E-state index in [9.17, 15) is 13.2 Å². The number of aryl methyl sites for hydroxylation is 1. The highest BCUT2D eigenvalue weighted by atomic mass is 32.2. The summed E-state index contributed by atoms with van der Waals surface area (Å²) in [4.78, 5) is 12.5. The number of amides is 1. The van der Waals surface area contributed by atoms with Crippen LogP contribution in [-0.2, 0) is 16.6 Å². The standard InChI is InChI=1S/C20H24N2O3S/c1-15-6-4-7-16(12-15)14-21-26(24,25)19-11-5-8-17(13-19)20(23)22-18-9-2-3-10-18/h4-8,11-13,18,21H,2-3,9-10,14H2,1H3,(H,22,23). The average molecular weight is 372 g/mol. The molecule has 1 aliphatic carbocycles. The lowest BCUT2D eigenvalue weighted by Crippen LogP contribution is -2.32. The number of carbonyl (C=O) groups excluding carboxylic acids is 1. The van der Waals surface area contributed by atoms with Gasteiger partial charge in [-0.2, -0.15) is 0 Å². The Morgan fingerprint density at radius 2 is 1.81 bits per heavy atom. The fraction of sp³-hybridized carbons (Fsp3) is 0.350. The zero-order valence-electron chi connectivity index (χ0n) is 14.9. The van der Waals surface area contributed by atoms with E-state index in [2.05, 4.69) is 10.0 Å². The fourth-order valence-corrected chi connectivity index (χ4v) is 4.29. The normalized spacial score (nSPS) is 15.1. The maximum atomic E-state index is 12.6. The van der Waals surface area contributed by atoms with Gasteiger partial charge in [0.05, 0.1) is 4.90 Å². The highest BCUT2D eigenvalue weighted by Gasteiger charge is 2.20. The summed E-state index contributed by atoms with van der Waals surface area (Å²) in [5.74, 6) is -0.215. The minimum Gasteiger partial charge on any atom is -0.349 e. The summed E-state index contributed by atoms with van der Waals surface area (Å²) >= 11 is 0. The monoisotopic (exact) mass is 372 g/mol. The molecule has 0 saturated heterocycles. The Balaban J connectivity index is 1.70. The molecule has 2 aromatic carbocycles. The lowest BCUT2D eigenvalue weighted by atomic mass is 10.1. The summed E-state index contributed by atoms with van der Waals surface area (Å²) in [5, 5.41) is 2.98. The third-order valence-corrected chi connectivity index (χ3v) is 6.04. The van der Waals surface area contributed by atoms with Gasteiger partial charge in [0.2, 0.25) is 10.0 Å². The van der Waals surface area contributed by atoms with Crippen molar-refractivity contribution >= 4 is 15.9 Å². The average Bonchev–Trinajstić information content (AvgIpc) is 3.13. The fourth-order valence-electron chi connectivity index (χ4n) is 3.23. The molecule has 0 unspecified atom stereocenters. The zero-order chi connectivity index (χ0) is 18.6. The van der Waals surface area contributed by atoms with Crippen LogP contribution in [0.25, 0.3) is 0 Å². The first-order valence-corrected chi connectivity index (χ1v) is 10.4. The quantitative estimate of drug-likeness (QED) is 0.818. The molecule has 0 spiro atoms. The van der Waals surface area contributed by atoms with E-state index in [1.807, 2.05) is 31.2 Å². The van der Waals surface area contributed by atoms with Gasteiger partial charge >= 0.3 is 0 Å². The minimum atomic E-state index is -3.68. The second kappa shape index (κ2) is 8.01. The lowest BCUT2D eigenvalue weighted by Gasteiger charge is -2.13. The van der Waals surface area contributed by atoms with Crippen LogP contribution in [-0.4, -0.2) is 20.4 Å². The van der Waals surface area contributed by atoms with Crippen LogP contribution in [0.2, 0.25) is 0 Å². The van der Waals surface area contributed by atoms with E-state index >= 15 is 0 Å². The molecule has 6 heteroatoms. The van der Waals surface area contributed by atoms with Crippen molar-refractivity contribution in [3.8, 4) is 0 Å². The molecule has 0 atom stereocenters. The molecular formula is C20H24N2O3S. The Hall–Kier alpha value is -2.18. The van der Waals surface area contributed by atoms with Crippen molar-refractivity contribution in [3.05, 3.63) is 65.2 Å². The highest BCUT2D eigenvalue weighted by Crippen LogP contribution is 2.19. The summed E-state index contributed by atoms with van der Waals surface area (Å²) in [6.45, 7) is 2.17. The smallest absolute Gasteiger partial charge is 0.251 e. The molecule has 3 rings (SSSR count). The molecule has 0 bridgehead atoms. The van der Waals surface area contributed by atoms with Gasteiger partial charge in [0, 0.05) is 18.2 Å². The second-order valence-electron chi connectivity index (χ2n) is 6.80. The van der Waals surface area contributed by atoms with Crippen LogP contribution < -0.4 is 10.0 Å². The summed E-state index contributed by atoms with van der Waals surface area (Å²) in [6.07, 6.45) is 4.23. The van der Waals surface area contributed by atoms with E-state index in [4.69, 9.17) is 0 Å². The van der Waals surface area contributed by atoms with Crippen molar-refractivity contribution in [2.45, 2.75) is 50.1 Å². The molecule has 0 heterocycles. The van der Waals surface area contributed by atoms with Crippen LogP contribution in [0.5, 0.6) is 0 Å². The summed E-state index contributed by atoms with van der Waals surface area (Å²) in [7, 11) is -3.68.